The maximum atomic E-state index is 13.7. The van der Waals surface area contributed by atoms with Crippen molar-refractivity contribution in [2.24, 2.45) is 0 Å². The number of halogens is 2. The first kappa shape index (κ1) is 38.6. The molecule has 2 fully saturated rings. The van der Waals surface area contributed by atoms with Crippen LogP contribution in [0, 0.1) is 6.92 Å². The van der Waals surface area contributed by atoms with Crippen LogP contribution in [-0.2, 0) is 45.4 Å². The van der Waals surface area contributed by atoms with Gasteiger partial charge in [-0.05, 0) is 66.3 Å². The molecular weight excluding hydrogens is 828 g/mol. The van der Waals surface area contributed by atoms with E-state index < -0.39 is 17.9 Å². The largest absolute Gasteiger partial charge is 0.361 e. The van der Waals surface area contributed by atoms with Gasteiger partial charge >= 0.3 is 5.69 Å². The van der Waals surface area contributed by atoms with E-state index >= 15 is 0 Å². The minimum Gasteiger partial charge on any atom is -0.361 e. The highest BCUT2D eigenvalue weighted by Crippen LogP contribution is 2.39. The van der Waals surface area contributed by atoms with E-state index in [0.29, 0.717) is 51.3 Å². The Hall–Kier alpha value is -4.62. The number of rotatable bonds is 16. The number of ether oxygens (including phenoxy) is 2. The molecule has 0 aliphatic carbocycles. The Bertz CT molecular complexity index is 2230. The van der Waals surface area contributed by atoms with Crippen molar-refractivity contribution in [1.29, 1.82) is 0 Å². The highest BCUT2D eigenvalue weighted by molar-refractivity contribution is 9.10. The van der Waals surface area contributed by atoms with Crippen molar-refractivity contribution >= 4 is 43.7 Å². The number of carbonyl (C=O) groups is 2. The fourth-order valence-corrected chi connectivity index (χ4v) is 7.90. The van der Waals surface area contributed by atoms with Crippen molar-refractivity contribution in [1.82, 2.24) is 18.9 Å². The lowest BCUT2D eigenvalue weighted by Crippen LogP contribution is -2.60. The van der Waals surface area contributed by atoms with E-state index in [1.807, 2.05) is 109 Å². The van der Waals surface area contributed by atoms with Gasteiger partial charge in [-0.15, -0.1) is 0 Å². The summed E-state index contributed by atoms with van der Waals surface area (Å²) in [4.78, 5) is 57.3. The number of amides is 2. The third-order valence-electron chi connectivity index (χ3n) is 10.3. The molecule has 5 aromatic rings. The zero-order chi connectivity index (χ0) is 38.5. The summed E-state index contributed by atoms with van der Waals surface area (Å²) in [6.07, 6.45) is 1.26. The van der Waals surface area contributed by atoms with Gasteiger partial charge in [0, 0.05) is 46.9 Å². The second-order valence-electron chi connectivity index (χ2n) is 13.9. The van der Waals surface area contributed by atoms with Gasteiger partial charge in [0.15, 0.2) is 12.2 Å². The van der Waals surface area contributed by atoms with Crippen molar-refractivity contribution < 1.29 is 19.1 Å². The molecule has 2 aliphatic rings. The molecule has 0 radical (unpaired) electrons. The summed E-state index contributed by atoms with van der Waals surface area (Å²) in [6, 6.07) is 34.7. The molecule has 0 unspecified atom stereocenters. The van der Waals surface area contributed by atoms with Crippen LogP contribution in [0.25, 0.3) is 0 Å². The summed E-state index contributed by atoms with van der Waals surface area (Å²) >= 11 is 6.99. The molecule has 12 heteroatoms. The quantitative estimate of drug-likeness (QED) is 0.0995. The molecule has 55 heavy (non-hydrogen) atoms. The molecule has 284 valence electrons. The predicted octanol–water partition coefficient (Wildman–Crippen LogP) is 6.96. The molecule has 3 heterocycles. The van der Waals surface area contributed by atoms with Crippen molar-refractivity contribution in [3.63, 3.8) is 0 Å². The van der Waals surface area contributed by atoms with Crippen LogP contribution in [0.2, 0.25) is 0 Å². The van der Waals surface area contributed by atoms with Crippen LogP contribution in [0.3, 0.4) is 0 Å². The second kappa shape index (κ2) is 17.5. The maximum absolute atomic E-state index is 13.7. The third-order valence-corrected chi connectivity index (χ3v) is 11.3. The number of benzene rings is 4. The van der Waals surface area contributed by atoms with Crippen LogP contribution >= 0.6 is 31.9 Å². The average Bonchev–Trinajstić information content (AvgIpc) is 3.20. The van der Waals surface area contributed by atoms with Gasteiger partial charge in [-0.3, -0.25) is 19.0 Å². The summed E-state index contributed by atoms with van der Waals surface area (Å²) in [6.45, 7) is 3.59. The van der Waals surface area contributed by atoms with Gasteiger partial charge in [-0.25, -0.2) is 4.79 Å². The first-order valence-corrected chi connectivity index (χ1v) is 20.0. The minimum atomic E-state index is -0.632. The first-order chi connectivity index (χ1) is 26.7. The van der Waals surface area contributed by atoms with E-state index in [1.165, 1.54) is 4.57 Å². The molecule has 7 rings (SSSR count). The molecular formula is C43H42Br2N4O6. The summed E-state index contributed by atoms with van der Waals surface area (Å²) in [5.74, 6) is -0.209. The number of β-lactam (4-membered cyclic amide) rings is 2. The lowest BCUT2D eigenvalue weighted by molar-refractivity contribution is -0.177. The molecule has 0 saturated carbocycles. The van der Waals surface area contributed by atoms with Crippen molar-refractivity contribution in [2.75, 3.05) is 13.1 Å². The number of nitrogens with zero attached hydrogens (tertiary/aromatic N) is 4. The van der Waals surface area contributed by atoms with Gasteiger partial charge in [-0.2, -0.15) is 0 Å². The summed E-state index contributed by atoms with van der Waals surface area (Å²) in [7, 11) is 0. The molecule has 2 aliphatic heterocycles. The van der Waals surface area contributed by atoms with E-state index in [9.17, 15) is 19.2 Å². The number of aromatic nitrogens is 2. The number of carbonyl (C=O) groups excluding carboxylic acids is 2. The Balaban J connectivity index is 0.991. The van der Waals surface area contributed by atoms with Crippen LogP contribution in [0.15, 0.2) is 134 Å². The van der Waals surface area contributed by atoms with E-state index in [4.69, 9.17) is 9.47 Å². The van der Waals surface area contributed by atoms with Crippen molar-refractivity contribution in [2.45, 2.75) is 70.4 Å². The molecule has 1 aromatic heterocycles. The van der Waals surface area contributed by atoms with E-state index in [0.717, 1.165) is 31.2 Å². The topological polar surface area (TPSA) is 103 Å². The van der Waals surface area contributed by atoms with Gasteiger partial charge in [0.05, 0.1) is 25.3 Å². The molecule has 2 saturated heterocycles. The average molecular weight is 871 g/mol. The fourth-order valence-electron chi connectivity index (χ4n) is 7.37. The van der Waals surface area contributed by atoms with Crippen LogP contribution in [-0.4, -0.2) is 56.0 Å². The van der Waals surface area contributed by atoms with Gasteiger partial charge in [0.1, 0.15) is 0 Å². The monoisotopic (exact) mass is 868 g/mol. The summed E-state index contributed by atoms with van der Waals surface area (Å²) < 4.78 is 17.0. The zero-order valence-corrected chi connectivity index (χ0v) is 33.6. The first-order valence-electron chi connectivity index (χ1n) is 18.4. The lowest BCUT2D eigenvalue weighted by Gasteiger charge is -2.47. The SMILES string of the molecule is Cc1cn(CCCN2C(=O)[C@H](OCc3ccccc3)[C@@H]2c2ccc(Br)cc2)c(=O)n(CCCN2C(=O)[C@H](OCc3ccccc3)[C@@H]2c2ccc(Br)cc2)c1=O. The Kier molecular flexibility index (Phi) is 12.3. The molecule has 4 aromatic carbocycles. The van der Waals surface area contributed by atoms with E-state index in [1.54, 1.807) is 27.5 Å². The summed E-state index contributed by atoms with van der Waals surface area (Å²) in [5, 5.41) is 0. The fraction of sp³-hybridized carbons (Fsp3) is 0.302. The van der Waals surface area contributed by atoms with Gasteiger partial charge in [-0.1, -0.05) is 117 Å². The van der Waals surface area contributed by atoms with Crippen LogP contribution in [0.4, 0.5) is 0 Å². The molecule has 0 bridgehead atoms. The van der Waals surface area contributed by atoms with Crippen molar-refractivity contribution in [3.05, 3.63) is 173 Å². The molecule has 4 atom stereocenters. The highest BCUT2D eigenvalue weighted by Gasteiger charge is 2.49. The van der Waals surface area contributed by atoms with E-state index in [2.05, 4.69) is 31.9 Å². The Morgan fingerprint density at radius 2 is 1.00 bits per heavy atom. The van der Waals surface area contributed by atoms with Gasteiger partial charge < -0.3 is 23.8 Å². The van der Waals surface area contributed by atoms with Crippen LogP contribution < -0.4 is 11.2 Å². The second-order valence-corrected chi connectivity index (χ2v) is 15.8. The molecule has 10 nitrogen and oxygen atoms in total. The van der Waals surface area contributed by atoms with Gasteiger partial charge in [0.2, 0.25) is 0 Å². The zero-order valence-electron chi connectivity index (χ0n) is 30.4. The van der Waals surface area contributed by atoms with Crippen LogP contribution in [0.1, 0.15) is 52.7 Å². The number of aryl methyl sites for hydroxylation is 2. The number of hydrogen-bond donors (Lipinski definition) is 0. The Morgan fingerprint density at radius 1 is 0.564 bits per heavy atom. The lowest BCUT2D eigenvalue weighted by atomic mass is 9.90. The number of hydrogen-bond acceptors (Lipinski definition) is 6. The molecule has 2 amide bonds. The van der Waals surface area contributed by atoms with Crippen molar-refractivity contribution in [3.8, 4) is 0 Å². The van der Waals surface area contributed by atoms with E-state index in [-0.39, 0.29) is 36.0 Å². The minimum absolute atomic E-state index is 0.0907. The molecule has 0 spiro atoms. The summed E-state index contributed by atoms with van der Waals surface area (Å²) in [5.41, 5.74) is 3.58. The predicted molar refractivity (Wildman–Crippen MR) is 216 cm³/mol. The maximum Gasteiger partial charge on any atom is 0.330 e. The number of likely N-dealkylation sites (tertiary alicyclic amines) is 2. The Labute approximate surface area is 336 Å². The third kappa shape index (κ3) is 8.62. The standard InChI is InChI=1S/C43H42Br2N4O6/c1-29-26-46(22-8-23-47-36(32-14-18-34(44)19-15-32)38(41(47)51)54-27-30-10-4-2-5-11-30)43(53)49(40(29)50)25-9-24-48-37(33-16-20-35(45)21-17-33)39(42(48)52)55-28-31-12-6-3-7-13-31/h2-7,10-21,26,36-39H,8-9,22-25,27-28H2,1H3/t36-,37-,38+,39+/m0/s1. The smallest absolute Gasteiger partial charge is 0.330 e. The van der Waals surface area contributed by atoms with Crippen LogP contribution in [0.5, 0.6) is 0 Å². The van der Waals surface area contributed by atoms with Gasteiger partial charge in [0.25, 0.3) is 17.4 Å². The highest BCUT2D eigenvalue weighted by atomic mass is 79.9. The normalized spacial score (nSPS) is 19.3. The molecule has 0 N–H and O–H groups in total. The Morgan fingerprint density at radius 3 is 1.45 bits per heavy atom.